The highest BCUT2D eigenvalue weighted by Gasteiger charge is 2.54. The molecule has 2 fully saturated rings. The molecule has 0 amide bonds. The first kappa shape index (κ1) is 18.3. The van der Waals surface area contributed by atoms with Crippen LogP contribution in [0.15, 0.2) is 18.3 Å². The van der Waals surface area contributed by atoms with Crippen molar-refractivity contribution in [1.29, 1.82) is 0 Å². The maximum atomic E-state index is 10.1. The molecule has 0 bridgehead atoms. The van der Waals surface area contributed by atoms with E-state index in [1.165, 1.54) is 0 Å². The van der Waals surface area contributed by atoms with Crippen LogP contribution in [-0.2, 0) is 0 Å². The molecule has 1 aliphatic heterocycles. The van der Waals surface area contributed by atoms with Crippen LogP contribution in [0.1, 0.15) is 19.8 Å². The topological polar surface area (TPSA) is 103 Å². The Balaban J connectivity index is 1.39. The summed E-state index contributed by atoms with van der Waals surface area (Å²) >= 11 is 0. The Morgan fingerprint density at radius 1 is 1.26 bits per heavy atom. The number of nitrogens with two attached hydrogens (primary N) is 1. The maximum Gasteiger partial charge on any atom is 0.222 e. The van der Waals surface area contributed by atoms with Gasteiger partial charge in [-0.1, -0.05) is 6.92 Å². The van der Waals surface area contributed by atoms with Crippen molar-refractivity contribution in [2.75, 3.05) is 56.9 Å². The monoisotopic (exact) mass is 371 g/mol. The first-order valence-electron chi connectivity index (χ1n) is 9.85. The number of fused-ring (bicyclic) bond motifs is 1. The van der Waals surface area contributed by atoms with Gasteiger partial charge in [-0.25, -0.2) is 4.98 Å². The van der Waals surface area contributed by atoms with Crippen LogP contribution in [0.25, 0.3) is 11.0 Å². The molecule has 2 aromatic rings. The largest absolute Gasteiger partial charge is 0.394 e. The lowest BCUT2D eigenvalue weighted by molar-refractivity contribution is 0.133. The second kappa shape index (κ2) is 7.53. The van der Waals surface area contributed by atoms with Gasteiger partial charge in [0.2, 0.25) is 5.95 Å². The fourth-order valence-electron chi connectivity index (χ4n) is 4.12. The van der Waals surface area contributed by atoms with Gasteiger partial charge in [0.05, 0.1) is 17.7 Å². The second-order valence-electron chi connectivity index (χ2n) is 7.71. The highest BCUT2D eigenvalue weighted by Crippen LogP contribution is 2.48. The molecule has 0 unspecified atom stereocenters. The van der Waals surface area contributed by atoms with Crippen molar-refractivity contribution >= 4 is 22.8 Å². The number of rotatable bonds is 7. The quantitative estimate of drug-likeness (QED) is 0.657. The van der Waals surface area contributed by atoms with Gasteiger partial charge in [0, 0.05) is 32.4 Å². The zero-order valence-electron chi connectivity index (χ0n) is 15.9. The maximum absolute atomic E-state index is 10.1. The Kier molecular flexibility index (Phi) is 5.12. The first-order valence-corrected chi connectivity index (χ1v) is 9.85. The van der Waals surface area contributed by atoms with E-state index in [2.05, 4.69) is 37.0 Å². The highest BCUT2D eigenvalue weighted by molar-refractivity contribution is 5.86. The van der Waals surface area contributed by atoms with Crippen molar-refractivity contribution in [2.24, 2.45) is 5.92 Å². The summed E-state index contributed by atoms with van der Waals surface area (Å²) in [4.78, 5) is 18.0. The Labute approximate surface area is 159 Å². The van der Waals surface area contributed by atoms with E-state index in [-0.39, 0.29) is 18.1 Å². The number of anilines is 2. The lowest BCUT2D eigenvalue weighted by Crippen LogP contribution is -2.46. The Hall–Kier alpha value is -2.03. The Morgan fingerprint density at radius 3 is 2.78 bits per heavy atom. The fourth-order valence-corrected chi connectivity index (χ4v) is 4.12. The number of likely N-dealkylation sites (N-methyl/N-ethyl adjacent to an activating group) is 1. The summed E-state index contributed by atoms with van der Waals surface area (Å²) in [6.07, 6.45) is 3.74. The van der Waals surface area contributed by atoms with Gasteiger partial charge >= 0.3 is 0 Å². The predicted molar refractivity (Wildman–Crippen MR) is 106 cm³/mol. The van der Waals surface area contributed by atoms with Crippen molar-refractivity contribution in [3.63, 3.8) is 0 Å². The van der Waals surface area contributed by atoms with E-state index >= 15 is 0 Å². The number of nitrogens with zero attached hydrogens (tertiary/aromatic N) is 5. The fraction of sp³-hybridized carbons (Fsp3) is 0.632. The van der Waals surface area contributed by atoms with Gasteiger partial charge < -0.3 is 26.0 Å². The number of hydrogen-bond donors (Lipinski definition) is 3. The number of nitrogen functional groups attached to an aromatic ring is 1. The zero-order valence-corrected chi connectivity index (χ0v) is 15.9. The third-order valence-electron chi connectivity index (χ3n) is 6.06. The van der Waals surface area contributed by atoms with Crippen molar-refractivity contribution in [1.82, 2.24) is 24.8 Å². The summed E-state index contributed by atoms with van der Waals surface area (Å²) in [5.41, 5.74) is 6.94. The smallest absolute Gasteiger partial charge is 0.222 e. The van der Waals surface area contributed by atoms with Crippen LogP contribution >= 0.6 is 0 Å². The molecule has 2 aliphatic rings. The molecular formula is C19H29N7O. The number of aromatic nitrogens is 3. The van der Waals surface area contributed by atoms with Gasteiger partial charge in [0.15, 0.2) is 5.82 Å². The molecule has 1 saturated heterocycles. The Bertz CT molecular complexity index is 793. The van der Waals surface area contributed by atoms with E-state index in [0.29, 0.717) is 22.8 Å². The van der Waals surface area contributed by atoms with Gasteiger partial charge in [-0.2, -0.15) is 4.98 Å². The molecule has 146 valence electrons. The van der Waals surface area contributed by atoms with Crippen molar-refractivity contribution in [3.8, 4) is 0 Å². The molecule has 2 atom stereocenters. The molecule has 0 spiro atoms. The minimum atomic E-state index is -0.323. The molecular weight excluding hydrogens is 342 g/mol. The summed E-state index contributed by atoms with van der Waals surface area (Å²) in [6.45, 7) is 9.10. The summed E-state index contributed by atoms with van der Waals surface area (Å²) in [5, 5.41) is 13.5. The number of nitrogens with one attached hydrogen (secondary N) is 1. The summed E-state index contributed by atoms with van der Waals surface area (Å²) in [6, 6.07) is 3.70. The molecule has 4 rings (SSSR count). The molecule has 1 saturated carbocycles. The van der Waals surface area contributed by atoms with Crippen LogP contribution in [-0.4, -0.2) is 81.3 Å². The summed E-state index contributed by atoms with van der Waals surface area (Å²) < 4.78 is 0. The number of aliphatic hydroxyl groups is 1. The SMILES string of the molecule is CCN1CCN(CC[C@@H]2C[C@@]2(CO)Nc2nc(N)nc3cccnc23)CC1. The summed E-state index contributed by atoms with van der Waals surface area (Å²) in [7, 11) is 0. The van der Waals surface area contributed by atoms with E-state index < -0.39 is 0 Å². The highest BCUT2D eigenvalue weighted by atomic mass is 16.3. The van der Waals surface area contributed by atoms with Crippen LogP contribution in [0.5, 0.6) is 0 Å². The molecule has 3 heterocycles. The van der Waals surface area contributed by atoms with Gasteiger partial charge in [-0.15, -0.1) is 0 Å². The number of aliphatic hydroxyl groups excluding tert-OH is 1. The van der Waals surface area contributed by atoms with E-state index in [4.69, 9.17) is 5.73 Å². The standard InChI is InChI=1S/C19H29N7O/c1-2-25-8-10-26(11-9-25)7-5-14-12-19(14,13-27)24-17-16-15(4-3-6-21-16)22-18(20)23-17/h3-4,6,14,27H,2,5,7-13H2,1H3,(H3,20,22,23,24)/t14-,19+/m1/s1. The van der Waals surface area contributed by atoms with Crippen molar-refractivity contribution in [3.05, 3.63) is 18.3 Å². The van der Waals surface area contributed by atoms with E-state index in [0.717, 1.165) is 52.1 Å². The van der Waals surface area contributed by atoms with Crippen molar-refractivity contribution in [2.45, 2.75) is 25.3 Å². The number of hydrogen-bond acceptors (Lipinski definition) is 8. The molecule has 4 N–H and O–H groups in total. The minimum Gasteiger partial charge on any atom is -0.394 e. The first-order chi connectivity index (χ1) is 13.1. The molecule has 0 radical (unpaired) electrons. The number of pyridine rings is 1. The van der Waals surface area contributed by atoms with Gasteiger partial charge in [0.1, 0.15) is 5.52 Å². The average molecular weight is 371 g/mol. The second-order valence-corrected chi connectivity index (χ2v) is 7.71. The third-order valence-corrected chi connectivity index (χ3v) is 6.06. The minimum absolute atomic E-state index is 0.0829. The molecule has 27 heavy (non-hydrogen) atoms. The Morgan fingerprint density at radius 2 is 2.04 bits per heavy atom. The van der Waals surface area contributed by atoms with E-state index in [9.17, 15) is 5.11 Å². The van der Waals surface area contributed by atoms with Crippen molar-refractivity contribution < 1.29 is 5.11 Å². The van der Waals surface area contributed by atoms with Crippen LogP contribution < -0.4 is 11.1 Å². The van der Waals surface area contributed by atoms with E-state index in [1.807, 2.05) is 12.1 Å². The average Bonchev–Trinajstić information content (AvgIpc) is 3.39. The van der Waals surface area contributed by atoms with Crippen LogP contribution in [0.2, 0.25) is 0 Å². The van der Waals surface area contributed by atoms with E-state index in [1.54, 1.807) is 6.20 Å². The predicted octanol–water partition coefficient (Wildman–Crippen LogP) is 0.798. The van der Waals surface area contributed by atoms with Crippen LogP contribution in [0.3, 0.4) is 0 Å². The number of piperazine rings is 1. The zero-order chi connectivity index (χ0) is 18.9. The van der Waals surface area contributed by atoms with Gasteiger partial charge in [-0.3, -0.25) is 4.98 Å². The molecule has 8 nitrogen and oxygen atoms in total. The molecule has 1 aliphatic carbocycles. The normalized spacial score (nSPS) is 26.4. The lowest BCUT2D eigenvalue weighted by atomic mass is 10.1. The molecule has 8 heteroatoms. The molecule has 0 aromatic carbocycles. The van der Waals surface area contributed by atoms with Gasteiger partial charge in [-0.05, 0) is 44.0 Å². The summed E-state index contributed by atoms with van der Waals surface area (Å²) in [5.74, 6) is 1.27. The van der Waals surface area contributed by atoms with Gasteiger partial charge in [0.25, 0.3) is 0 Å². The molecule has 2 aromatic heterocycles. The van der Waals surface area contributed by atoms with Crippen LogP contribution in [0.4, 0.5) is 11.8 Å². The van der Waals surface area contributed by atoms with Crippen LogP contribution in [0, 0.1) is 5.92 Å². The lowest BCUT2D eigenvalue weighted by Gasteiger charge is -2.34. The third kappa shape index (κ3) is 3.83.